The van der Waals surface area contributed by atoms with Gasteiger partial charge in [0.25, 0.3) is 5.91 Å². The molecule has 3 rings (SSSR count). The van der Waals surface area contributed by atoms with Crippen LogP contribution < -0.4 is 5.32 Å². The molecule has 142 valence electrons. The van der Waals surface area contributed by atoms with E-state index < -0.39 is 18.5 Å². The lowest BCUT2D eigenvalue weighted by Crippen LogP contribution is -2.20. The number of rotatable bonds is 6. The van der Waals surface area contributed by atoms with Crippen LogP contribution in [-0.4, -0.2) is 23.5 Å². The number of nitriles is 1. The van der Waals surface area contributed by atoms with Crippen LogP contribution in [0.1, 0.15) is 33.4 Å². The second-order valence-corrected chi connectivity index (χ2v) is 7.80. The zero-order valence-corrected chi connectivity index (χ0v) is 16.9. The minimum Gasteiger partial charge on any atom is -0.451 e. The topological polar surface area (TPSA) is 92.1 Å². The molecule has 0 bridgehead atoms. The maximum atomic E-state index is 12.4. The van der Waals surface area contributed by atoms with Gasteiger partial charge in [0.2, 0.25) is 0 Å². The van der Waals surface area contributed by atoms with Crippen LogP contribution in [0.25, 0.3) is 10.6 Å². The molecule has 1 amide bonds. The van der Waals surface area contributed by atoms with Crippen LogP contribution in [-0.2, 0) is 16.0 Å². The van der Waals surface area contributed by atoms with Crippen LogP contribution in [0.15, 0.2) is 35.7 Å². The van der Waals surface area contributed by atoms with E-state index in [2.05, 4.69) is 17.2 Å². The fourth-order valence-electron chi connectivity index (χ4n) is 2.45. The van der Waals surface area contributed by atoms with E-state index in [0.29, 0.717) is 21.1 Å². The molecule has 2 heterocycles. The molecule has 0 spiro atoms. The first-order valence-corrected chi connectivity index (χ1v) is 10.2. The molecular weight excluding hydrogens is 394 g/mol. The smallest absolute Gasteiger partial charge is 0.350 e. The van der Waals surface area contributed by atoms with Gasteiger partial charge in [-0.05, 0) is 30.4 Å². The third kappa shape index (κ3) is 4.44. The summed E-state index contributed by atoms with van der Waals surface area (Å²) in [4.78, 5) is 29.2. The molecule has 0 saturated heterocycles. The van der Waals surface area contributed by atoms with E-state index in [-0.39, 0.29) is 0 Å². The van der Waals surface area contributed by atoms with Gasteiger partial charge < -0.3 is 10.1 Å². The lowest BCUT2D eigenvalue weighted by Gasteiger charge is -2.04. The number of nitrogens with zero attached hydrogens (tertiary/aromatic N) is 2. The first-order valence-electron chi connectivity index (χ1n) is 8.53. The average Bonchev–Trinajstić information content (AvgIpc) is 3.32. The quantitative estimate of drug-likeness (QED) is 0.607. The Morgan fingerprint density at radius 3 is 2.68 bits per heavy atom. The third-order valence-corrected chi connectivity index (χ3v) is 5.98. The molecular formula is C20H17N3O3S2. The molecule has 0 aliphatic rings. The molecule has 28 heavy (non-hydrogen) atoms. The second kappa shape index (κ2) is 8.78. The van der Waals surface area contributed by atoms with E-state index in [1.54, 1.807) is 18.4 Å². The van der Waals surface area contributed by atoms with Crippen molar-refractivity contribution in [1.82, 2.24) is 4.98 Å². The van der Waals surface area contributed by atoms with Crippen LogP contribution in [0.5, 0.6) is 0 Å². The Morgan fingerprint density at radius 2 is 2.00 bits per heavy atom. The first-order chi connectivity index (χ1) is 13.5. The van der Waals surface area contributed by atoms with Gasteiger partial charge in [0.05, 0.1) is 11.3 Å². The largest absolute Gasteiger partial charge is 0.451 e. The van der Waals surface area contributed by atoms with Crippen LogP contribution in [0, 0.1) is 18.3 Å². The maximum Gasteiger partial charge on any atom is 0.350 e. The Hall–Kier alpha value is -3.02. The highest BCUT2D eigenvalue weighted by atomic mass is 32.1. The number of carbonyl (C=O) groups excluding carboxylic acids is 2. The van der Waals surface area contributed by atoms with Gasteiger partial charge in [0.15, 0.2) is 6.61 Å². The standard InChI is InChI=1S/C20H17N3O3S2/c1-3-13-4-6-14(7-5-13)19-22-12(2)17(28-19)20(25)26-11-16(24)23-18-15(10-21)8-9-27-18/h4-9H,3,11H2,1-2H3,(H,23,24). The number of nitrogens with one attached hydrogen (secondary N) is 1. The summed E-state index contributed by atoms with van der Waals surface area (Å²) in [5.41, 5.74) is 3.11. The maximum absolute atomic E-state index is 12.4. The number of ether oxygens (including phenoxy) is 1. The lowest BCUT2D eigenvalue weighted by molar-refractivity contribution is -0.119. The summed E-state index contributed by atoms with van der Waals surface area (Å²) < 4.78 is 5.12. The van der Waals surface area contributed by atoms with Crippen LogP contribution in [0.3, 0.4) is 0 Å². The van der Waals surface area contributed by atoms with E-state index in [0.717, 1.165) is 17.0 Å². The number of thiophene rings is 1. The van der Waals surface area contributed by atoms with E-state index in [1.807, 2.05) is 30.3 Å². The predicted molar refractivity (Wildman–Crippen MR) is 110 cm³/mol. The van der Waals surface area contributed by atoms with Crippen molar-refractivity contribution in [3.63, 3.8) is 0 Å². The van der Waals surface area contributed by atoms with Gasteiger partial charge in [0, 0.05) is 5.56 Å². The SMILES string of the molecule is CCc1ccc(-c2nc(C)c(C(=O)OCC(=O)Nc3sccc3C#N)s2)cc1. The number of thiazole rings is 1. The fraction of sp³-hybridized carbons (Fsp3) is 0.200. The number of amides is 1. The number of anilines is 1. The van der Waals surface area contributed by atoms with Crippen LogP contribution in [0.2, 0.25) is 0 Å². The summed E-state index contributed by atoms with van der Waals surface area (Å²) in [7, 11) is 0. The molecule has 0 aliphatic carbocycles. The number of aryl methyl sites for hydroxylation is 2. The number of benzene rings is 1. The summed E-state index contributed by atoms with van der Waals surface area (Å²) in [5.74, 6) is -1.09. The van der Waals surface area contributed by atoms with Gasteiger partial charge in [-0.3, -0.25) is 4.79 Å². The van der Waals surface area contributed by atoms with Crippen molar-refractivity contribution < 1.29 is 14.3 Å². The molecule has 0 radical (unpaired) electrons. The highest BCUT2D eigenvalue weighted by Crippen LogP contribution is 2.29. The first kappa shape index (κ1) is 19.7. The molecule has 0 atom stereocenters. The number of aromatic nitrogens is 1. The van der Waals surface area contributed by atoms with E-state index in [4.69, 9.17) is 10.00 Å². The summed E-state index contributed by atoms with van der Waals surface area (Å²) in [6.07, 6.45) is 0.956. The van der Waals surface area contributed by atoms with Gasteiger partial charge in [-0.25, -0.2) is 9.78 Å². The number of hydrogen-bond donors (Lipinski definition) is 1. The van der Waals surface area contributed by atoms with Gasteiger partial charge in [-0.2, -0.15) is 5.26 Å². The van der Waals surface area contributed by atoms with Gasteiger partial charge in [-0.15, -0.1) is 22.7 Å². The van der Waals surface area contributed by atoms with Gasteiger partial charge in [-0.1, -0.05) is 31.2 Å². The Kier molecular flexibility index (Phi) is 6.19. The Morgan fingerprint density at radius 1 is 1.25 bits per heavy atom. The average molecular weight is 412 g/mol. The molecule has 0 aliphatic heterocycles. The van der Waals surface area contributed by atoms with E-state index >= 15 is 0 Å². The summed E-state index contributed by atoms with van der Waals surface area (Å²) in [6.45, 7) is 3.40. The monoisotopic (exact) mass is 411 g/mol. The molecule has 1 aromatic carbocycles. The highest BCUT2D eigenvalue weighted by molar-refractivity contribution is 7.17. The van der Waals surface area contributed by atoms with Crippen LogP contribution in [0.4, 0.5) is 5.00 Å². The third-order valence-electron chi connectivity index (χ3n) is 3.96. The van der Waals surface area contributed by atoms with Gasteiger partial charge in [0.1, 0.15) is 21.0 Å². The minimum atomic E-state index is -0.590. The number of esters is 1. The minimum absolute atomic E-state index is 0.371. The van der Waals surface area contributed by atoms with E-state index in [9.17, 15) is 9.59 Å². The lowest BCUT2D eigenvalue weighted by atomic mass is 10.1. The highest BCUT2D eigenvalue weighted by Gasteiger charge is 2.19. The Balaban J connectivity index is 1.63. The molecule has 0 saturated carbocycles. The normalized spacial score (nSPS) is 10.3. The molecule has 2 aromatic heterocycles. The van der Waals surface area contributed by atoms with Gasteiger partial charge >= 0.3 is 5.97 Å². The Bertz CT molecular complexity index is 1050. The zero-order chi connectivity index (χ0) is 20.1. The summed E-state index contributed by atoms with van der Waals surface area (Å²) >= 11 is 2.48. The predicted octanol–water partition coefficient (Wildman–Crippen LogP) is 4.41. The van der Waals surface area contributed by atoms with Crippen molar-refractivity contribution in [2.24, 2.45) is 0 Å². The van der Waals surface area contributed by atoms with E-state index in [1.165, 1.54) is 28.2 Å². The Labute approximate surface area is 170 Å². The molecule has 0 unspecified atom stereocenters. The van der Waals surface area contributed by atoms with Crippen molar-refractivity contribution >= 4 is 39.6 Å². The number of hydrogen-bond acceptors (Lipinski definition) is 7. The number of carbonyl (C=O) groups is 2. The van der Waals surface area contributed by atoms with Crippen molar-refractivity contribution in [2.75, 3.05) is 11.9 Å². The second-order valence-electron chi connectivity index (χ2n) is 5.88. The van der Waals surface area contributed by atoms with Crippen molar-refractivity contribution in [3.05, 3.63) is 57.4 Å². The summed E-state index contributed by atoms with van der Waals surface area (Å²) in [6, 6.07) is 11.6. The molecule has 3 aromatic rings. The van der Waals surface area contributed by atoms with Crippen molar-refractivity contribution in [2.45, 2.75) is 20.3 Å². The molecule has 6 nitrogen and oxygen atoms in total. The van der Waals surface area contributed by atoms with Crippen molar-refractivity contribution in [3.8, 4) is 16.6 Å². The summed E-state index contributed by atoms with van der Waals surface area (Å²) in [5, 5.41) is 14.4. The van der Waals surface area contributed by atoms with Crippen LogP contribution >= 0.6 is 22.7 Å². The molecule has 1 N–H and O–H groups in total. The molecule has 0 fully saturated rings. The molecule has 8 heteroatoms. The fourth-order valence-corrected chi connectivity index (χ4v) is 4.16. The van der Waals surface area contributed by atoms with Crippen molar-refractivity contribution in [1.29, 1.82) is 5.26 Å². The zero-order valence-electron chi connectivity index (χ0n) is 15.3.